The number of piperidine rings is 1. The molecule has 3 aromatic heterocycles. The van der Waals surface area contributed by atoms with Crippen molar-refractivity contribution in [2.45, 2.75) is 45.2 Å². The van der Waals surface area contributed by atoms with E-state index in [0.29, 0.717) is 26.9 Å². The number of ketones is 1. The number of hydrogen-bond acceptors (Lipinski definition) is 10. The molecule has 61 heavy (non-hydrogen) atoms. The van der Waals surface area contributed by atoms with Crippen LogP contribution in [0.3, 0.4) is 0 Å². The third-order valence-corrected chi connectivity index (χ3v) is 13.1. The van der Waals surface area contributed by atoms with Crippen LogP contribution >= 0.6 is 0 Å². The number of aliphatic carboxylic acids is 1. The van der Waals surface area contributed by atoms with Gasteiger partial charge in [0.2, 0.25) is 16.7 Å². The average Bonchev–Trinajstić information content (AvgIpc) is 3.88. The maximum atomic E-state index is 16.0. The van der Waals surface area contributed by atoms with Crippen LogP contribution in [0.2, 0.25) is 0 Å². The molecule has 17 heteroatoms. The van der Waals surface area contributed by atoms with Gasteiger partial charge in [0.25, 0.3) is 0 Å². The molecule has 2 N–H and O–H groups in total. The summed E-state index contributed by atoms with van der Waals surface area (Å²) in [7, 11) is -3.47. The summed E-state index contributed by atoms with van der Waals surface area (Å²) in [5.74, 6) is -4.38. The Labute approximate surface area is 353 Å². The van der Waals surface area contributed by atoms with Gasteiger partial charge < -0.3 is 19.9 Å². The van der Waals surface area contributed by atoms with Crippen LogP contribution in [0, 0.1) is 23.5 Å². The van der Waals surface area contributed by atoms with E-state index >= 15 is 8.78 Å². The number of carboxylic acid groups (broad SMARTS) is 1. The van der Waals surface area contributed by atoms with Crippen LogP contribution < -0.4 is 14.2 Å². The Kier molecular flexibility index (Phi) is 12.3. The lowest BCUT2D eigenvalue weighted by Gasteiger charge is -2.40. The van der Waals surface area contributed by atoms with Gasteiger partial charge in [0.05, 0.1) is 29.9 Å². The molecule has 5 aromatic rings. The second-order valence-corrected chi connectivity index (χ2v) is 17.4. The Hall–Kier alpha value is -5.52. The number of nitrogens with one attached hydrogen (secondary N) is 1. The van der Waals surface area contributed by atoms with Crippen molar-refractivity contribution in [3.63, 3.8) is 0 Å². The first-order valence-corrected chi connectivity index (χ1v) is 21.8. The number of aromatic nitrogens is 3. The second-order valence-electron chi connectivity index (χ2n) is 16.5. The minimum Gasteiger partial charge on any atom is -0.481 e. The zero-order valence-electron chi connectivity index (χ0n) is 34.0. The monoisotopic (exact) mass is 858 g/mol. The number of thiol groups is 1. The van der Waals surface area contributed by atoms with Crippen LogP contribution in [0.15, 0.2) is 73.3 Å². The van der Waals surface area contributed by atoms with Gasteiger partial charge >= 0.3 is 5.97 Å². The molecule has 3 saturated heterocycles. The van der Waals surface area contributed by atoms with E-state index in [4.69, 9.17) is 0 Å². The fourth-order valence-corrected chi connectivity index (χ4v) is 9.70. The standard InChI is InChI=1S/C44H49F3N8O5S/c1-27(2)39(44(57)58)31-19-34(23-48-21-31)53-17-15-51(16-18-53)25-28-9-12-52(13-10-28)33-5-3-29(4-6-33)30-20-35-36(24-50-43(35)49-22-30)42(56)40-37(46)7-8-38(41(40)47)55(61(59)60)54-14-11-32(45)26-54/h3-8,19-24,27-28,32,39,61H,9-18,25-26H2,1-2H3,(H,49,50)(H,57,58)/t32-,39?/m1/s1. The van der Waals surface area contributed by atoms with Gasteiger partial charge in [0.1, 0.15) is 23.3 Å². The number of piperazine rings is 1. The van der Waals surface area contributed by atoms with Crippen LogP contribution in [-0.2, 0) is 15.7 Å². The van der Waals surface area contributed by atoms with E-state index in [1.54, 1.807) is 18.5 Å². The lowest BCUT2D eigenvalue weighted by atomic mass is 9.89. The van der Waals surface area contributed by atoms with Crippen molar-refractivity contribution in [3.05, 3.63) is 102 Å². The largest absolute Gasteiger partial charge is 0.481 e. The van der Waals surface area contributed by atoms with E-state index in [0.717, 1.165) is 98.3 Å². The number of carbonyl (C=O) groups excluding carboxylic acids is 1. The highest BCUT2D eigenvalue weighted by atomic mass is 32.2. The van der Waals surface area contributed by atoms with Crippen molar-refractivity contribution in [1.29, 1.82) is 0 Å². The number of hydrazine groups is 1. The lowest BCUT2D eigenvalue weighted by Crippen LogP contribution is -2.49. The summed E-state index contributed by atoms with van der Waals surface area (Å²) in [5.41, 5.74) is 3.14. The van der Waals surface area contributed by atoms with E-state index < -0.39 is 57.6 Å². The molecular formula is C44H49F3N8O5S. The van der Waals surface area contributed by atoms with Gasteiger partial charge in [-0.2, -0.15) is 4.41 Å². The Bertz CT molecular complexity index is 2480. The Balaban J connectivity index is 0.886. The van der Waals surface area contributed by atoms with Crippen molar-refractivity contribution < 1.29 is 36.3 Å². The molecule has 2 atom stereocenters. The average molecular weight is 859 g/mol. The Morgan fingerprint density at radius 3 is 2.26 bits per heavy atom. The molecular weight excluding hydrogens is 810 g/mol. The highest BCUT2D eigenvalue weighted by molar-refractivity contribution is 7.73. The molecule has 0 amide bonds. The van der Waals surface area contributed by atoms with E-state index in [1.165, 1.54) is 6.20 Å². The fourth-order valence-electron chi connectivity index (χ4n) is 9.00. The van der Waals surface area contributed by atoms with E-state index in [9.17, 15) is 27.5 Å². The molecule has 0 spiro atoms. The quantitative estimate of drug-likeness (QED) is 0.0908. The predicted octanol–water partition coefficient (Wildman–Crippen LogP) is 6.29. The van der Waals surface area contributed by atoms with Gasteiger partial charge in [-0.3, -0.25) is 19.5 Å². The highest BCUT2D eigenvalue weighted by Crippen LogP contribution is 2.34. The fraction of sp³-hybridized carbons (Fsp3) is 0.409. The molecule has 0 radical (unpaired) electrons. The number of carbonyl (C=O) groups is 2. The van der Waals surface area contributed by atoms with Crippen LogP contribution in [0.5, 0.6) is 0 Å². The number of aromatic amines is 1. The number of pyridine rings is 2. The zero-order chi connectivity index (χ0) is 42.9. The van der Waals surface area contributed by atoms with Crippen molar-refractivity contribution in [1.82, 2.24) is 24.9 Å². The number of rotatable bonds is 13. The van der Waals surface area contributed by atoms with Gasteiger partial charge in [0.15, 0.2) is 5.82 Å². The first-order chi connectivity index (χ1) is 29.4. The molecule has 3 aliphatic rings. The minimum atomic E-state index is -3.47. The Morgan fingerprint density at radius 1 is 0.885 bits per heavy atom. The number of halogens is 3. The summed E-state index contributed by atoms with van der Waals surface area (Å²) in [4.78, 5) is 44.7. The van der Waals surface area contributed by atoms with Crippen molar-refractivity contribution in [2.24, 2.45) is 11.8 Å². The number of alkyl halides is 1. The molecule has 3 aliphatic heterocycles. The normalized spacial score (nSPS) is 18.7. The van der Waals surface area contributed by atoms with E-state index in [-0.39, 0.29) is 31.0 Å². The second kappa shape index (κ2) is 17.8. The molecule has 6 heterocycles. The zero-order valence-corrected chi connectivity index (χ0v) is 34.9. The molecule has 1 unspecified atom stereocenters. The van der Waals surface area contributed by atoms with Crippen LogP contribution in [0.25, 0.3) is 22.2 Å². The molecule has 13 nitrogen and oxygen atoms in total. The maximum absolute atomic E-state index is 16.0. The van der Waals surface area contributed by atoms with Gasteiger partial charge in [-0.15, -0.1) is 0 Å². The van der Waals surface area contributed by atoms with Crippen LogP contribution in [0.1, 0.15) is 60.5 Å². The molecule has 322 valence electrons. The number of carboxylic acids is 1. The molecule has 8 rings (SSSR count). The first-order valence-electron chi connectivity index (χ1n) is 20.7. The third-order valence-electron chi connectivity index (χ3n) is 12.3. The number of benzene rings is 2. The number of fused-ring (bicyclic) bond motifs is 1. The van der Waals surface area contributed by atoms with Crippen LogP contribution in [-0.4, -0.2) is 115 Å². The van der Waals surface area contributed by atoms with Crippen molar-refractivity contribution in [2.75, 3.05) is 73.1 Å². The van der Waals surface area contributed by atoms with Gasteiger partial charge in [-0.1, -0.05) is 26.0 Å². The van der Waals surface area contributed by atoms with Crippen molar-refractivity contribution in [3.8, 4) is 11.1 Å². The minimum absolute atomic E-state index is 0.0100. The summed E-state index contributed by atoms with van der Waals surface area (Å²) < 4.78 is 70.1. The SMILES string of the molecule is CC(C)C(C(=O)O)c1cncc(N2CCN(CC3CCN(c4ccc(-c5cnc6[nH]cc(C(=O)c7c(F)ccc(N(N8CC[C@@H](F)C8)[SH](=O)=O)c7F)c6c5)cc4)CC3)CC2)c1. The molecule has 0 aliphatic carbocycles. The molecule has 3 fully saturated rings. The summed E-state index contributed by atoms with van der Waals surface area (Å²) in [6.45, 7) is 10.1. The Morgan fingerprint density at radius 2 is 1.61 bits per heavy atom. The first kappa shape index (κ1) is 42.2. The van der Waals surface area contributed by atoms with Crippen LogP contribution in [0.4, 0.5) is 30.2 Å². The summed E-state index contributed by atoms with van der Waals surface area (Å²) in [6.07, 6.45) is 7.35. The summed E-state index contributed by atoms with van der Waals surface area (Å²) >= 11 is 0. The van der Waals surface area contributed by atoms with Crippen molar-refractivity contribution >= 4 is 50.7 Å². The number of nitrogens with zero attached hydrogens (tertiary/aromatic N) is 7. The topological polar surface area (TPSA) is 146 Å². The highest BCUT2D eigenvalue weighted by Gasteiger charge is 2.33. The number of anilines is 3. The van der Waals surface area contributed by atoms with Gasteiger partial charge in [0, 0.05) is 93.1 Å². The van der Waals surface area contributed by atoms with Gasteiger partial charge in [-0.25, -0.2) is 31.6 Å². The third kappa shape index (κ3) is 8.81. The predicted molar refractivity (Wildman–Crippen MR) is 228 cm³/mol. The van der Waals surface area contributed by atoms with E-state index in [1.807, 2.05) is 38.2 Å². The lowest BCUT2D eigenvalue weighted by molar-refractivity contribution is -0.139. The summed E-state index contributed by atoms with van der Waals surface area (Å²) in [5, 5.41) is 11.2. The molecule has 0 bridgehead atoms. The van der Waals surface area contributed by atoms with Gasteiger partial charge in [-0.05, 0) is 78.6 Å². The number of H-pyrrole nitrogens is 1. The molecule has 0 saturated carbocycles. The smallest absolute Gasteiger partial charge is 0.311 e. The van der Waals surface area contributed by atoms with E-state index in [2.05, 4.69) is 41.8 Å². The summed E-state index contributed by atoms with van der Waals surface area (Å²) in [6, 6.07) is 13.5. The number of hydrogen-bond donors (Lipinski definition) is 3. The maximum Gasteiger partial charge on any atom is 0.311 e. The molecule has 2 aromatic carbocycles.